The molecule has 2 aromatic carbocycles. The zero-order valence-electron chi connectivity index (χ0n) is 12.7. The summed E-state index contributed by atoms with van der Waals surface area (Å²) in [6.45, 7) is 6.64. The molecule has 0 radical (unpaired) electrons. The van der Waals surface area contributed by atoms with Crippen LogP contribution in [0.25, 0.3) is 0 Å². The summed E-state index contributed by atoms with van der Waals surface area (Å²) in [6.07, 6.45) is 1.08. The third-order valence-corrected chi connectivity index (χ3v) is 5.09. The average Bonchev–Trinajstić information content (AvgIpc) is 2.49. The number of halogens is 2. The summed E-state index contributed by atoms with van der Waals surface area (Å²) >= 11 is 3.28. The van der Waals surface area contributed by atoms with E-state index in [1.54, 1.807) is 6.07 Å². The molecule has 0 aliphatic carbocycles. The number of hydrogen-bond donors (Lipinski definition) is 1. The largest absolute Gasteiger partial charge is 0.320 e. The zero-order chi connectivity index (χ0) is 15.6. The molecule has 0 fully saturated rings. The van der Waals surface area contributed by atoms with Crippen LogP contribution in [0.5, 0.6) is 0 Å². The van der Waals surface area contributed by atoms with Gasteiger partial charge in [0.25, 0.3) is 0 Å². The van der Waals surface area contributed by atoms with Crippen molar-refractivity contribution in [2.45, 2.75) is 38.6 Å². The lowest BCUT2D eigenvalue weighted by molar-refractivity contribution is 0.506. The Hall–Kier alpha value is -1.19. The normalized spacial score (nSPS) is 13.2. The monoisotopic (exact) mass is 349 g/mol. The van der Waals surface area contributed by atoms with Gasteiger partial charge in [-0.25, -0.2) is 4.39 Å². The first-order valence-electron chi connectivity index (χ1n) is 7.16. The number of benzene rings is 2. The highest BCUT2D eigenvalue weighted by molar-refractivity contribution is 9.10. The van der Waals surface area contributed by atoms with Crippen LogP contribution in [-0.2, 0) is 5.41 Å². The van der Waals surface area contributed by atoms with Crippen molar-refractivity contribution in [3.63, 3.8) is 0 Å². The van der Waals surface area contributed by atoms with Crippen LogP contribution in [0.15, 0.2) is 46.9 Å². The predicted molar refractivity (Wildman–Crippen MR) is 89.9 cm³/mol. The van der Waals surface area contributed by atoms with E-state index < -0.39 is 0 Å². The standard InChI is InChI=1S/C18H21BrFN/c1-4-18(2,3)13-10-8-12(9-11-13)17(21)14-6-5-7-15(20)16(14)19/h5-11,17H,4,21H2,1-3H3. The minimum absolute atomic E-state index is 0.155. The van der Waals surface area contributed by atoms with Gasteiger partial charge in [0.1, 0.15) is 5.82 Å². The summed E-state index contributed by atoms with van der Waals surface area (Å²) in [6, 6.07) is 12.9. The molecule has 1 nitrogen and oxygen atoms in total. The van der Waals surface area contributed by atoms with Crippen LogP contribution in [0.3, 0.4) is 0 Å². The maximum atomic E-state index is 13.6. The maximum absolute atomic E-state index is 13.6. The van der Waals surface area contributed by atoms with Crippen molar-refractivity contribution in [1.29, 1.82) is 0 Å². The third-order valence-electron chi connectivity index (χ3n) is 4.25. The van der Waals surface area contributed by atoms with Gasteiger partial charge in [0.15, 0.2) is 0 Å². The minimum Gasteiger partial charge on any atom is -0.320 e. The van der Waals surface area contributed by atoms with E-state index in [9.17, 15) is 4.39 Å². The highest BCUT2D eigenvalue weighted by atomic mass is 79.9. The van der Waals surface area contributed by atoms with Gasteiger partial charge in [0.05, 0.1) is 10.5 Å². The lowest BCUT2D eigenvalue weighted by Gasteiger charge is -2.24. The van der Waals surface area contributed by atoms with E-state index in [-0.39, 0.29) is 17.3 Å². The Morgan fingerprint density at radius 3 is 2.33 bits per heavy atom. The van der Waals surface area contributed by atoms with E-state index in [1.807, 2.05) is 18.2 Å². The first-order valence-corrected chi connectivity index (χ1v) is 7.96. The molecule has 2 rings (SSSR count). The van der Waals surface area contributed by atoms with Crippen molar-refractivity contribution in [3.8, 4) is 0 Å². The van der Waals surface area contributed by atoms with E-state index >= 15 is 0 Å². The Morgan fingerprint density at radius 2 is 1.76 bits per heavy atom. The third kappa shape index (κ3) is 3.35. The predicted octanol–water partition coefficient (Wildman–Crippen LogP) is 5.32. The van der Waals surface area contributed by atoms with Gasteiger partial charge in [0, 0.05) is 0 Å². The second-order valence-electron chi connectivity index (χ2n) is 5.98. The number of hydrogen-bond acceptors (Lipinski definition) is 1. The topological polar surface area (TPSA) is 26.0 Å². The van der Waals surface area contributed by atoms with Crippen LogP contribution in [0, 0.1) is 5.82 Å². The molecule has 0 aromatic heterocycles. The molecule has 0 spiro atoms. The first kappa shape index (κ1) is 16.2. The molecule has 0 amide bonds. The van der Waals surface area contributed by atoms with E-state index in [1.165, 1.54) is 11.6 Å². The van der Waals surface area contributed by atoms with Crippen molar-refractivity contribution in [2.75, 3.05) is 0 Å². The van der Waals surface area contributed by atoms with Crippen LogP contribution >= 0.6 is 15.9 Å². The van der Waals surface area contributed by atoms with Gasteiger partial charge < -0.3 is 5.73 Å². The molecule has 112 valence electrons. The fraction of sp³-hybridized carbons (Fsp3) is 0.333. The zero-order valence-corrected chi connectivity index (χ0v) is 14.2. The second-order valence-corrected chi connectivity index (χ2v) is 6.77. The smallest absolute Gasteiger partial charge is 0.137 e. The Morgan fingerprint density at radius 1 is 1.14 bits per heavy atom. The van der Waals surface area contributed by atoms with Gasteiger partial charge in [0.2, 0.25) is 0 Å². The second kappa shape index (κ2) is 6.29. The van der Waals surface area contributed by atoms with Crippen LogP contribution < -0.4 is 5.73 Å². The summed E-state index contributed by atoms with van der Waals surface area (Å²) in [5, 5.41) is 0. The first-order chi connectivity index (χ1) is 9.86. The molecule has 21 heavy (non-hydrogen) atoms. The summed E-state index contributed by atoms with van der Waals surface area (Å²) in [4.78, 5) is 0. The van der Waals surface area contributed by atoms with E-state index in [4.69, 9.17) is 5.73 Å². The van der Waals surface area contributed by atoms with Crippen molar-refractivity contribution >= 4 is 15.9 Å². The summed E-state index contributed by atoms with van der Waals surface area (Å²) in [7, 11) is 0. The molecule has 1 atom stereocenters. The fourth-order valence-corrected chi connectivity index (χ4v) is 2.80. The van der Waals surface area contributed by atoms with Crippen molar-refractivity contribution in [3.05, 3.63) is 69.4 Å². The SMILES string of the molecule is CCC(C)(C)c1ccc(C(N)c2cccc(F)c2Br)cc1. The maximum Gasteiger partial charge on any atom is 0.137 e. The molecule has 0 saturated heterocycles. The van der Waals surface area contributed by atoms with Gasteiger partial charge in [-0.15, -0.1) is 0 Å². The van der Waals surface area contributed by atoms with Gasteiger partial charge in [-0.3, -0.25) is 0 Å². The molecule has 2 aromatic rings. The molecule has 2 N–H and O–H groups in total. The molecule has 0 bridgehead atoms. The molecule has 0 heterocycles. The Bertz CT molecular complexity index is 620. The summed E-state index contributed by atoms with van der Waals surface area (Å²) in [5.41, 5.74) is 9.47. The molecular weight excluding hydrogens is 329 g/mol. The molecule has 1 unspecified atom stereocenters. The van der Waals surface area contributed by atoms with E-state index in [0.29, 0.717) is 4.47 Å². The molecule has 3 heteroatoms. The van der Waals surface area contributed by atoms with E-state index in [0.717, 1.165) is 17.5 Å². The minimum atomic E-state index is -0.339. The summed E-state index contributed by atoms with van der Waals surface area (Å²) in [5.74, 6) is -0.285. The number of nitrogens with two attached hydrogens (primary N) is 1. The van der Waals surface area contributed by atoms with Gasteiger partial charge in [-0.05, 0) is 50.5 Å². The summed E-state index contributed by atoms with van der Waals surface area (Å²) < 4.78 is 14.1. The Balaban J connectivity index is 2.32. The van der Waals surface area contributed by atoms with Gasteiger partial charge in [-0.2, -0.15) is 0 Å². The Kier molecular flexibility index (Phi) is 4.84. The lowest BCUT2D eigenvalue weighted by atomic mass is 9.81. The van der Waals surface area contributed by atoms with Crippen LogP contribution in [0.2, 0.25) is 0 Å². The fourth-order valence-electron chi connectivity index (χ4n) is 2.29. The van der Waals surface area contributed by atoms with E-state index in [2.05, 4.69) is 48.8 Å². The van der Waals surface area contributed by atoms with Crippen molar-refractivity contribution < 1.29 is 4.39 Å². The van der Waals surface area contributed by atoms with Crippen LogP contribution in [-0.4, -0.2) is 0 Å². The quantitative estimate of drug-likeness (QED) is 0.793. The van der Waals surface area contributed by atoms with Crippen LogP contribution in [0.1, 0.15) is 49.9 Å². The van der Waals surface area contributed by atoms with Crippen molar-refractivity contribution in [1.82, 2.24) is 0 Å². The molecule has 0 aliphatic heterocycles. The molecule has 0 aliphatic rings. The Labute approximate surface area is 134 Å². The van der Waals surface area contributed by atoms with Crippen LogP contribution in [0.4, 0.5) is 4.39 Å². The van der Waals surface area contributed by atoms with Gasteiger partial charge in [-0.1, -0.05) is 57.2 Å². The highest BCUT2D eigenvalue weighted by Crippen LogP contribution is 2.31. The molecule has 0 saturated carbocycles. The number of rotatable bonds is 4. The lowest BCUT2D eigenvalue weighted by Crippen LogP contribution is -2.17. The van der Waals surface area contributed by atoms with Gasteiger partial charge >= 0.3 is 0 Å². The average molecular weight is 350 g/mol. The van der Waals surface area contributed by atoms with Crippen molar-refractivity contribution in [2.24, 2.45) is 5.73 Å². The molecular formula is C18H21BrFN. The highest BCUT2D eigenvalue weighted by Gasteiger charge is 2.19.